The molecule has 4 aromatic carbocycles. The second-order valence-corrected chi connectivity index (χ2v) is 11.8. The van der Waals surface area contributed by atoms with Crippen molar-refractivity contribution in [1.29, 1.82) is 0 Å². The van der Waals surface area contributed by atoms with Gasteiger partial charge in [0.1, 0.15) is 0 Å². The van der Waals surface area contributed by atoms with Crippen molar-refractivity contribution in [3.8, 4) is 0 Å². The van der Waals surface area contributed by atoms with E-state index in [0.29, 0.717) is 24.3 Å². The molecule has 2 radical (unpaired) electrons. The molecule has 0 aromatic heterocycles. The number of nitro groups is 8. The quantitative estimate of drug-likeness (QED) is 0.0559. The van der Waals surface area contributed by atoms with Gasteiger partial charge in [-0.25, -0.2) is 0 Å². The number of carboxylic acids is 4. The Kier molecular flexibility index (Phi) is 36.9. The van der Waals surface area contributed by atoms with E-state index >= 15 is 0 Å². The van der Waals surface area contributed by atoms with E-state index in [2.05, 4.69) is 0 Å². The summed E-state index contributed by atoms with van der Waals surface area (Å²) < 4.78 is 0. The number of carbonyl (C=O) groups is 4. The van der Waals surface area contributed by atoms with Crippen LogP contribution in [0.3, 0.4) is 0 Å². The van der Waals surface area contributed by atoms with Crippen molar-refractivity contribution in [2.45, 2.75) is 27.7 Å². The molecule has 0 aliphatic heterocycles. The van der Waals surface area contributed by atoms with Crippen LogP contribution in [-0.4, -0.2) is 85.2 Å². The van der Waals surface area contributed by atoms with Gasteiger partial charge in [-0.1, -0.05) is 0 Å². The van der Waals surface area contributed by atoms with Crippen molar-refractivity contribution in [3.63, 3.8) is 0 Å². The summed E-state index contributed by atoms with van der Waals surface area (Å²) in [6, 6.07) is 5.78. The standard InChI is InChI=1S/4C8H6N2O6.2Cu.6H2O/c4*1-4-6(8(11)12)2-5(9(13)14)3-7(4)10(15)16;;;;;;;;/h4*2-3H,1H3,(H,11,12);;;6*1H2/q;;;;2*+2;;;;;;/p-2. The number of non-ortho nitro benzene ring substituents is 4. The fourth-order valence-electron chi connectivity index (χ4n) is 4.76. The van der Waals surface area contributed by atoms with Crippen LogP contribution in [-0.2, 0) is 45.1 Å². The van der Waals surface area contributed by atoms with E-state index in [1.807, 2.05) is 0 Å². The summed E-state index contributed by atoms with van der Waals surface area (Å²) in [7, 11) is 0. The van der Waals surface area contributed by atoms with Crippen molar-refractivity contribution in [2.75, 3.05) is 0 Å². The summed E-state index contributed by atoms with van der Waals surface area (Å²) in [4.78, 5) is 119. The monoisotopic (exact) mass is 1140 g/mol. The number of nitro benzene ring substituents is 8. The Morgan fingerprint density at radius 1 is 0.306 bits per heavy atom. The molecule has 0 fully saturated rings. The number of hydrogen-bond donors (Lipinski definition) is 0. The molecule has 0 amide bonds. The first-order valence-corrected chi connectivity index (χ1v) is 16.0. The van der Waals surface area contributed by atoms with Gasteiger partial charge in [0.25, 0.3) is 45.5 Å². The van der Waals surface area contributed by atoms with Crippen LogP contribution in [0.25, 0.3) is 0 Å². The first-order chi connectivity index (χ1) is 29.4. The Morgan fingerprint density at radius 3 is 0.514 bits per heavy atom. The van der Waals surface area contributed by atoms with Crippen LogP contribution >= 0.6 is 0 Å². The largest absolute Gasteiger partial charge is 2.00 e. The maximum absolute atomic E-state index is 10.6. The van der Waals surface area contributed by atoms with E-state index in [1.54, 1.807) is 0 Å². The number of nitrogens with zero attached hydrogens (tertiary/aromatic N) is 8. The summed E-state index contributed by atoms with van der Waals surface area (Å²) in [5, 5.41) is 126. The van der Waals surface area contributed by atoms with Crippen LogP contribution in [0.15, 0.2) is 48.5 Å². The zero-order valence-corrected chi connectivity index (χ0v) is 37.6. The van der Waals surface area contributed by atoms with Crippen LogP contribution in [0.4, 0.5) is 45.5 Å². The molecule has 0 unspecified atom stereocenters. The van der Waals surface area contributed by atoms with Crippen LogP contribution in [0.5, 0.6) is 0 Å². The van der Waals surface area contributed by atoms with Crippen LogP contribution in [0, 0.1) is 109 Å². The Balaban J connectivity index is -0.000000122. The number of carboxylic acid groups (broad SMARTS) is 4. The van der Waals surface area contributed by atoms with Gasteiger partial charge in [0, 0.05) is 68.8 Å². The van der Waals surface area contributed by atoms with Crippen molar-refractivity contribution < 1.29 is 146 Å². The predicted octanol–water partition coefficient (Wildman–Crippen LogP) is -4.45. The molecule has 0 heterocycles. The molecule has 40 heteroatoms. The number of rotatable bonds is 12. The zero-order chi connectivity index (χ0) is 49.8. The Morgan fingerprint density at radius 2 is 0.431 bits per heavy atom. The average molecular weight is 1140 g/mol. The van der Waals surface area contributed by atoms with Gasteiger partial charge < -0.3 is 72.5 Å². The molecule has 14 N–H and O–H groups in total. The fraction of sp³-hybridized carbons (Fsp3) is 0.125. The minimum absolute atomic E-state index is 0. The third-order valence-electron chi connectivity index (χ3n) is 7.97. The van der Waals surface area contributed by atoms with Gasteiger partial charge in [-0.15, -0.1) is 0 Å². The Labute approximate surface area is 416 Å². The molecule has 0 saturated carbocycles. The summed E-state index contributed by atoms with van der Waals surface area (Å²) in [6.07, 6.45) is 0. The second-order valence-electron chi connectivity index (χ2n) is 11.8. The average Bonchev–Trinajstić information content (AvgIpc) is 3.17. The van der Waals surface area contributed by atoms with E-state index in [0.717, 1.165) is 24.3 Å². The van der Waals surface area contributed by atoms with Crippen molar-refractivity contribution in [2.24, 2.45) is 0 Å². The summed E-state index contributed by atoms with van der Waals surface area (Å²) in [5.41, 5.74) is -7.99. The third-order valence-corrected chi connectivity index (χ3v) is 7.97. The van der Waals surface area contributed by atoms with Gasteiger partial charge in [0.2, 0.25) is 0 Å². The maximum atomic E-state index is 10.6. The molecule has 0 spiro atoms. The maximum Gasteiger partial charge on any atom is 2.00 e. The van der Waals surface area contributed by atoms with Gasteiger partial charge in [-0.05, 0) is 27.7 Å². The summed E-state index contributed by atoms with van der Waals surface area (Å²) in [6.45, 7) is 4.75. The zero-order valence-electron chi connectivity index (χ0n) is 35.8. The van der Waals surface area contributed by atoms with Gasteiger partial charge >= 0.3 is 34.1 Å². The predicted molar refractivity (Wildman–Crippen MR) is 219 cm³/mol. The molecule has 4 rings (SSSR count). The van der Waals surface area contributed by atoms with E-state index in [9.17, 15) is 121 Å². The van der Waals surface area contributed by atoms with Gasteiger partial charge in [-0.3, -0.25) is 80.9 Å². The SMILES string of the molecule is Cc1c(C(=O)[O-])cc([N+](=O)[O-])cc1[N+](=O)[O-].Cc1c(C(=O)[O-])cc([N+](=O)[O-])cc1[N+](=O)[O-].Cc1c(C(=O)[O-])cc([N+](=O)[O-])cc1[N+](=O)[O-].Cc1c(C(=O)[O-])cc([N+](=O)[O-])cc1[N+](=O)[O-].O.O.O.O.[Cu+2].[Cu+2].[OH3+].[OH3+]. The van der Waals surface area contributed by atoms with Crippen LogP contribution in [0.1, 0.15) is 63.7 Å². The third kappa shape index (κ3) is 20.5. The van der Waals surface area contributed by atoms with Crippen molar-refractivity contribution in [1.82, 2.24) is 0 Å². The normalized spacial score (nSPS) is 8.72. The number of hydrogen-bond acceptors (Lipinski definition) is 24. The Bertz CT molecular complexity index is 2230. The summed E-state index contributed by atoms with van der Waals surface area (Å²) >= 11 is 0. The molecule has 402 valence electrons. The molecule has 72 heavy (non-hydrogen) atoms. The number of benzene rings is 4. The Hall–Kier alpha value is -9.24. The fourth-order valence-corrected chi connectivity index (χ4v) is 4.76. The van der Waals surface area contributed by atoms with Gasteiger partial charge in [-0.2, -0.15) is 0 Å². The molecule has 0 bridgehead atoms. The smallest absolute Gasteiger partial charge is 0.545 e. The topological polar surface area (TPSA) is 698 Å². The van der Waals surface area contributed by atoms with Crippen LogP contribution in [0.2, 0.25) is 0 Å². The molecule has 0 aliphatic rings. The van der Waals surface area contributed by atoms with E-state index in [4.69, 9.17) is 0 Å². The minimum atomic E-state index is -1.69. The van der Waals surface area contributed by atoms with Gasteiger partial charge in [0.15, 0.2) is 0 Å². The number of aromatic carboxylic acids is 4. The van der Waals surface area contributed by atoms with Crippen LogP contribution < -0.4 is 20.4 Å². The number of carbonyl (C=O) groups excluding carboxylic acids is 4. The van der Waals surface area contributed by atoms with E-state index in [1.165, 1.54) is 27.7 Å². The molecule has 0 saturated heterocycles. The second kappa shape index (κ2) is 33.3. The van der Waals surface area contributed by atoms with E-state index in [-0.39, 0.29) is 89.2 Å². The molecule has 38 nitrogen and oxygen atoms in total. The summed E-state index contributed by atoms with van der Waals surface area (Å²) in [5.74, 6) is -6.76. The molecule has 0 aliphatic carbocycles. The molecule has 0 atom stereocenters. The first-order valence-electron chi connectivity index (χ1n) is 16.0. The first kappa shape index (κ1) is 79.8. The molecular weight excluding hydrogens is 1100 g/mol. The van der Waals surface area contributed by atoms with E-state index < -0.39 is 131 Å². The molecule has 4 aromatic rings. The minimum Gasteiger partial charge on any atom is -0.545 e. The van der Waals surface area contributed by atoms with Crippen molar-refractivity contribution >= 4 is 69.4 Å². The molecular formula is C32H34Cu2N8O30+2. The van der Waals surface area contributed by atoms with Crippen molar-refractivity contribution in [3.05, 3.63) is 174 Å². The van der Waals surface area contributed by atoms with Gasteiger partial charge in [0.05, 0.1) is 87.5 Å².